The van der Waals surface area contributed by atoms with Gasteiger partial charge in [-0.15, -0.1) is 0 Å². The molecule has 0 aliphatic heterocycles. The first-order chi connectivity index (χ1) is 6.88. The Morgan fingerprint density at radius 2 is 2.14 bits per heavy atom. The quantitative estimate of drug-likeness (QED) is 0.700. The Labute approximate surface area is 84.8 Å². The molecule has 0 bridgehead atoms. The van der Waals surface area contributed by atoms with Crippen LogP contribution in [0.15, 0.2) is 30.8 Å². The smallest absolute Gasteiger partial charge is 0.0722 e. The third-order valence-electron chi connectivity index (χ3n) is 1.98. The van der Waals surface area contributed by atoms with Crippen LogP contribution in [0.3, 0.4) is 0 Å². The van der Waals surface area contributed by atoms with E-state index in [4.69, 9.17) is 9.84 Å². The van der Waals surface area contributed by atoms with Gasteiger partial charge in [0.05, 0.1) is 6.61 Å². The summed E-state index contributed by atoms with van der Waals surface area (Å²) in [7, 11) is 0. The summed E-state index contributed by atoms with van der Waals surface area (Å²) in [5, 5.41) is 8.57. The van der Waals surface area contributed by atoms with Gasteiger partial charge in [0, 0.05) is 13.2 Å². The summed E-state index contributed by atoms with van der Waals surface area (Å²) in [6.07, 6.45) is 2.51. The molecule has 2 nitrogen and oxygen atoms in total. The number of hydrogen-bond acceptors (Lipinski definition) is 2. The lowest BCUT2D eigenvalue weighted by Crippen LogP contribution is -1.98. The molecule has 76 valence electrons. The van der Waals surface area contributed by atoms with Crippen LogP contribution in [0.4, 0.5) is 0 Å². The van der Waals surface area contributed by atoms with E-state index in [-0.39, 0.29) is 6.61 Å². The third-order valence-corrected chi connectivity index (χ3v) is 1.98. The van der Waals surface area contributed by atoms with Gasteiger partial charge in [-0.05, 0) is 17.5 Å². The molecule has 0 atom stereocenters. The van der Waals surface area contributed by atoms with Gasteiger partial charge in [-0.25, -0.2) is 0 Å². The van der Waals surface area contributed by atoms with Crippen LogP contribution >= 0.6 is 0 Å². The van der Waals surface area contributed by atoms with E-state index in [9.17, 15) is 0 Å². The molecule has 0 fully saturated rings. The van der Waals surface area contributed by atoms with E-state index >= 15 is 0 Å². The van der Waals surface area contributed by atoms with Crippen LogP contribution < -0.4 is 0 Å². The van der Waals surface area contributed by atoms with Gasteiger partial charge >= 0.3 is 0 Å². The highest BCUT2D eigenvalue weighted by Gasteiger charge is 1.97. The van der Waals surface area contributed by atoms with Gasteiger partial charge in [0.25, 0.3) is 0 Å². The minimum Gasteiger partial charge on any atom is -0.396 e. The first-order valence-corrected chi connectivity index (χ1v) is 4.77. The van der Waals surface area contributed by atoms with Crippen LogP contribution in [0.5, 0.6) is 0 Å². The maximum absolute atomic E-state index is 8.57. The summed E-state index contributed by atoms with van der Waals surface area (Å²) in [5.74, 6) is 0. The van der Waals surface area contributed by atoms with Crippen LogP contribution in [0.2, 0.25) is 0 Å². The molecule has 0 heterocycles. The molecular formula is C12H16O2. The fourth-order valence-electron chi connectivity index (χ4n) is 1.21. The molecule has 1 aromatic carbocycles. The van der Waals surface area contributed by atoms with Gasteiger partial charge in [-0.1, -0.05) is 36.9 Å². The summed E-state index contributed by atoms with van der Waals surface area (Å²) in [4.78, 5) is 0. The highest BCUT2D eigenvalue weighted by atomic mass is 16.5. The van der Waals surface area contributed by atoms with E-state index < -0.39 is 0 Å². The summed E-state index contributed by atoms with van der Waals surface area (Å²) in [6, 6.07) is 8.00. The van der Waals surface area contributed by atoms with E-state index in [1.165, 1.54) is 0 Å². The maximum Gasteiger partial charge on any atom is 0.0722 e. The third kappa shape index (κ3) is 3.32. The molecule has 0 aromatic heterocycles. The maximum atomic E-state index is 8.57. The average Bonchev–Trinajstić information content (AvgIpc) is 2.25. The number of aliphatic hydroxyl groups excluding tert-OH is 1. The van der Waals surface area contributed by atoms with Gasteiger partial charge in [-0.3, -0.25) is 0 Å². The lowest BCUT2D eigenvalue weighted by Gasteiger charge is -2.06. The van der Waals surface area contributed by atoms with Crippen molar-refractivity contribution in [2.75, 3.05) is 13.2 Å². The summed E-state index contributed by atoms with van der Waals surface area (Å²) in [5.41, 5.74) is 2.25. The molecule has 0 spiro atoms. The zero-order chi connectivity index (χ0) is 10.2. The Morgan fingerprint density at radius 3 is 2.86 bits per heavy atom. The molecule has 0 amide bonds. The molecule has 0 aliphatic rings. The van der Waals surface area contributed by atoms with Crippen LogP contribution in [-0.4, -0.2) is 18.3 Å². The highest BCUT2D eigenvalue weighted by molar-refractivity contribution is 5.51. The van der Waals surface area contributed by atoms with E-state index in [0.717, 1.165) is 11.1 Å². The van der Waals surface area contributed by atoms with Gasteiger partial charge in [-0.2, -0.15) is 0 Å². The molecule has 1 N–H and O–H groups in total. The Balaban J connectivity index is 2.45. The number of aliphatic hydroxyl groups is 1. The van der Waals surface area contributed by atoms with E-state index in [1.54, 1.807) is 0 Å². The lowest BCUT2D eigenvalue weighted by atomic mass is 10.1. The van der Waals surface area contributed by atoms with Crippen molar-refractivity contribution < 1.29 is 9.84 Å². The summed E-state index contributed by atoms with van der Waals surface area (Å²) >= 11 is 0. The number of hydrogen-bond donors (Lipinski definition) is 1. The largest absolute Gasteiger partial charge is 0.396 e. The molecule has 1 aromatic rings. The molecule has 1 rings (SSSR count). The molecular weight excluding hydrogens is 176 g/mol. The van der Waals surface area contributed by atoms with Crippen LogP contribution in [0, 0.1) is 0 Å². The van der Waals surface area contributed by atoms with Gasteiger partial charge in [0.15, 0.2) is 0 Å². The molecule has 0 saturated heterocycles. The summed E-state index contributed by atoms with van der Waals surface area (Å²) in [6.45, 7) is 5.11. The van der Waals surface area contributed by atoms with Crippen molar-refractivity contribution >= 4 is 6.08 Å². The van der Waals surface area contributed by atoms with Crippen molar-refractivity contribution in [1.82, 2.24) is 0 Å². The topological polar surface area (TPSA) is 29.5 Å². The number of benzene rings is 1. The highest BCUT2D eigenvalue weighted by Crippen LogP contribution is 2.11. The summed E-state index contributed by atoms with van der Waals surface area (Å²) < 4.78 is 5.39. The number of ether oxygens (including phenoxy) is 1. The van der Waals surface area contributed by atoms with Gasteiger partial charge in [0.1, 0.15) is 0 Å². The monoisotopic (exact) mass is 192 g/mol. The van der Waals surface area contributed by atoms with Crippen molar-refractivity contribution in [2.24, 2.45) is 0 Å². The molecule has 0 aliphatic carbocycles. The molecule has 0 unspecified atom stereocenters. The van der Waals surface area contributed by atoms with Gasteiger partial charge in [0.2, 0.25) is 0 Å². The fourth-order valence-corrected chi connectivity index (χ4v) is 1.21. The van der Waals surface area contributed by atoms with Crippen molar-refractivity contribution in [2.45, 2.75) is 13.0 Å². The fraction of sp³-hybridized carbons (Fsp3) is 0.333. The van der Waals surface area contributed by atoms with Crippen molar-refractivity contribution in [1.29, 1.82) is 0 Å². The van der Waals surface area contributed by atoms with Crippen molar-refractivity contribution in [3.8, 4) is 0 Å². The Morgan fingerprint density at radius 1 is 1.36 bits per heavy atom. The van der Waals surface area contributed by atoms with E-state index in [0.29, 0.717) is 19.6 Å². The predicted octanol–water partition coefficient (Wildman–Crippen LogP) is 2.23. The second kappa shape index (κ2) is 6.35. The molecule has 14 heavy (non-hydrogen) atoms. The predicted molar refractivity (Wildman–Crippen MR) is 57.9 cm³/mol. The zero-order valence-corrected chi connectivity index (χ0v) is 8.28. The minimum absolute atomic E-state index is 0.184. The molecule has 2 heteroatoms. The van der Waals surface area contributed by atoms with E-state index in [1.807, 2.05) is 30.3 Å². The lowest BCUT2D eigenvalue weighted by molar-refractivity contribution is 0.104. The van der Waals surface area contributed by atoms with Gasteiger partial charge < -0.3 is 9.84 Å². The normalized spacial score (nSPS) is 10.1. The Kier molecular flexibility index (Phi) is 4.97. The van der Waals surface area contributed by atoms with Crippen molar-refractivity contribution in [3.05, 3.63) is 42.0 Å². The standard InChI is InChI=1S/C12H16O2/c1-2-11-6-3-4-7-12(11)10-14-9-5-8-13/h2-4,6-7,13H,1,5,8-10H2. The molecule has 0 saturated carbocycles. The SMILES string of the molecule is C=Cc1ccccc1COCCCO. The number of rotatable bonds is 6. The van der Waals surface area contributed by atoms with Crippen LogP contribution in [0.1, 0.15) is 17.5 Å². The minimum atomic E-state index is 0.184. The second-order valence-electron chi connectivity index (χ2n) is 3.03. The Hall–Kier alpha value is -1.12. The van der Waals surface area contributed by atoms with Crippen LogP contribution in [0.25, 0.3) is 6.08 Å². The van der Waals surface area contributed by atoms with E-state index in [2.05, 4.69) is 6.58 Å². The Bertz CT molecular complexity index is 281. The first kappa shape index (κ1) is 11.0. The first-order valence-electron chi connectivity index (χ1n) is 4.77. The van der Waals surface area contributed by atoms with Crippen LogP contribution in [-0.2, 0) is 11.3 Å². The average molecular weight is 192 g/mol. The van der Waals surface area contributed by atoms with Crippen molar-refractivity contribution in [3.63, 3.8) is 0 Å². The molecule has 0 radical (unpaired) electrons. The second-order valence-corrected chi connectivity index (χ2v) is 3.03. The zero-order valence-electron chi connectivity index (χ0n) is 8.28.